The van der Waals surface area contributed by atoms with Gasteiger partial charge in [0, 0.05) is 11.4 Å². The number of carbonyl (C=O) groups is 1. The van der Waals surface area contributed by atoms with Crippen LogP contribution in [0.3, 0.4) is 0 Å². The van der Waals surface area contributed by atoms with Crippen LogP contribution < -0.4 is 10.6 Å². The van der Waals surface area contributed by atoms with Gasteiger partial charge in [0.15, 0.2) is 0 Å². The number of aryl methyl sites for hydroxylation is 1. The van der Waals surface area contributed by atoms with Crippen molar-refractivity contribution >= 4 is 23.1 Å². The lowest BCUT2D eigenvalue weighted by molar-refractivity contribution is 0.102. The van der Waals surface area contributed by atoms with Crippen LogP contribution in [0.4, 0.5) is 17.2 Å². The quantitative estimate of drug-likeness (QED) is 0.681. The topological polar surface area (TPSA) is 66.9 Å². The Morgan fingerprint density at radius 1 is 0.926 bits per heavy atom. The summed E-state index contributed by atoms with van der Waals surface area (Å²) >= 11 is 0. The standard InChI is InChI=1S/C22H24N4O/c1-15-6-5-7-18(12-15)26-21(27)19-13-24-20(14-23-19)25-17-10-8-16(9-11-17)22(2,3)4/h5-14H,1-4H3,(H,24,25)(H,26,27). The molecular formula is C22H24N4O. The van der Waals surface area contributed by atoms with Crippen LogP contribution in [0.5, 0.6) is 0 Å². The first-order valence-electron chi connectivity index (χ1n) is 8.89. The molecule has 0 bridgehead atoms. The van der Waals surface area contributed by atoms with Crippen molar-refractivity contribution in [3.05, 3.63) is 77.7 Å². The molecule has 0 aliphatic carbocycles. The van der Waals surface area contributed by atoms with E-state index in [0.29, 0.717) is 5.82 Å². The highest BCUT2D eigenvalue weighted by molar-refractivity contribution is 6.02. The van der Waals surface area contributed by atoms with Gasteiger partial charge >= 0.3 is 0 Å². The monoisotopic (exact) mass is 360 g/mol. The maximum absolute atomic E-state index is 12.3. The van der Waals surface area contributed by atoms with E-state index in [1.165, 1.54) is 11.8 Å². The fourth-order valence-electron chi connectivity index (χ4n) is 2.63. The van der Waals surface area contributed by atoms with E-state index in [9.17, 15) is 4.79 Å². The molecule has 0 saturated carbocycles. The molecule has 0 unspecified atom stereocenters. The summed E-state index contributed by atoms with van der Waals surface area (Å²) in [5, 5.41) is 6.03. The summed E-state index contributed by atoms with van der Waals surface area (Å²) in [6.45, 7) is 8.52. The predicted molar refractivity (Wildman–Crippen MR) is 110 cm³/mol. The predicted octanol–water partition coefficient (Wildman–Crippen LogP) is 5.08. The molecule has 0 atom stereocenters. The summed E-state index contributed by atoms with van der Waals surface area (Å²) in [4.78, 5) is 20.8. The number of carbonyl (C=O) groups excluding carboxylic acids is 1. The van der Waals surface area contributed by atoms with Crippen LogP contribution in [0.1, 0.15) is 42.4 Å². The van der Waals surface area contributed by atoms with Crippen LogP contribution in [-0.4, -0.2) is 15.9 Å². The van der Waals surface area contributed by atoms with E-state index in [4.69, 9.17) is 0 Å². The number of amides is 1. The first kappa shape index (κ1) is 18.6. The molecule has 0 aliphatic heterocycles. The highest BCUT2D eigenvalue weighted by Gasteiger charge is 2.13. The maximum atomic E-state index is 12.3. The zero-order valence-corrected chi connectivity index (χ0v) is 16.1. The Balaban J connectivity index is 1.65. The Morgan fingerprint density at radius 3 is 2.26 bits per heavy atom. The summed E-state index contributed by atoms with van der Waals surface area (Å²) in [7, 11) is 0. The van der Waals surface area contributed by atoms with Gasteiger partial charge in [0.1, 0.15) is 11.5 Å². The van der Waals surface area contributed by atoms with Gasteiger partial charge in [-0.15, -0.1) is 0 Å². The molecule has 0 aliphatic rings. The molecule has 2 N–H and O–H groups in total. The largest absolute Gasteiger partial charge is 0.339 e. The molecule has 0 spiro atoms. The zero-order valence-electron chi connectivity index (χ0n) is 16.1. The van der Waals surface area contributed by atoms with E-state index >= 15 is 0 Å². The number of hydrogen-bond acceptors (Lipinski definition) is 4. The van der Waals surface area contributed by atoms with Gasteiger partial charge in [-0.3, -0.25) is 4.79 Å². The first-order valence-corrected chi connectivity index (χ1v) is 8.89. The molecule has 3 rings (SSSR count). The molecule has 1 aromatic heterocycles. The Hall–Kier alpha value is -3.21. The second-order valence-electron chi connectivity index (χ2n) is 7.56. The number of hydrogen-bond donors (Lipinski definition) is 2. The molecule has 3 aromatic rings. The summed E-state index contributed by atoms with van der Waals surface area (Å²) in [5.41, 5.74) is 4.39. The van der Waals surface area contributed by atoms with Crippen LogP contribution in [0.25, 0.3) is 0 Å². The fraction of sp³-hybridized carbons (Fsp3) is 0.227. The van der Waals surface area contributed by atoms with Crippen molar-refractivity contribution < 1.29 is 4.79 Å². The number of nitrogens with zero attached hydrogens (tertiary/aromatic N) is 2. The number of rotatable bonds is 4. The van der Waals surface area contributed by atoms with E-state index < -0.39 is 0 Å². The lowest BCUT2D eigenvalue weighted by atomic mass is 9.87. The minimum Gasteiger partial charge on any atom is -0.339 e. The summed E-state index contributed by atoms with van der Waals surface area (Å²) in [6, 6.07) is 15.8. The smallest absolute Gasteiger partial charge is 0.275 e. The Labute approximate surface area is 159 Å². The average molecular weight is 360 g/mol. The molecular weight excluding hydrogens is 336 g/mol. The maximum Gasteiger partial charge on any atom is 0.275 e. The number of aromatic nitrogens is 2. The second kappa shape index (κ2) is 7.58. The van der Waals surface area contributed by atoms with Crippen molar-refractivity contribution in [3.8, 4) is 0 Å². The van der Waals surface area contributed by atoms with Crippen molar-refractivity contribution in [1.29, 1.82) is 0 Å². The fourth-order valence-corrected chi connectivity index (χ4v) is 2.63. The summed E-state index contributed by atoms with van der Waals surface area (Å²) in [5.74, 6) is 0.305. The van der Waals surface area contributed by atoms with Crippen LogP contribution in [0, 0.1) is 6.92 Å². The molecule has 5 nitrogen and oxygen atoms in total. The Morgan fingerprint density at radius 2 is 1.67 bits per heavy atom. The van der Waals surface area contributed by atoms with E-state index in [-0.39, 0.29) is 17.0 Å². The third-order valence-electron chi connectivity index (χ3n) is 4.18. The summed E-state index contributed by atoms with van der Waals surface area (Å²) < 4.78 is 0. The SMILES string of the molecule is Cc1cccc(NC(=O)c2cnc(Nc3ccc(C(C)(C)C)cc3)cn2)c1. The van der Waals surface area contributed by atoms with Gasteiger partial charge in [-0.25, -0.2) is 9.97 Å². The summed E-state index contributed by atoms with van der Waals surface area (Å²) in [6.07, 6.45) is 3.03. The molecule has 0 radical (unpaired) electrons. The van der Waals surface area contributed by atoms with E-state index in [1.54, 1.807) is 6.20 Å². The zero-order chi connectivity index (χ0) is 19.4. The molecule has 0 fully saturated rings. The number of nitrogens with one attached hydrogen (secondary N) is 2. The van der Waals surface area contributed by atoms with Gasteiger partial charge < -0.3 is 10.6 Å². The number of benzene rings is 2. The minimum atomic E-state index is -0.283. The third kappa shape index (κ3) is 4.91. The highest BCUT2D eigenvalue weighted by Crippen LogP contribution is 2.24. The van der Waals surface area contributed by atoms with Crippen LogP contribution in [0.2, 0.25) is 0 Å². The van der Waals surface area contributed by atoms with Gasteiger partial charge in [0.05, 0.1) is 12.4 Å². The van der Waals surface area contributed by atoms with Crippen LogP contribution in [0.15, 0.2) is 60.9 Å². The van der Waals surface area contributed by atoms with E-state index in [1.807, 2.05) is 43.3 Å². The van der Waals surface area contributed by atoms with E-state index in [0.717, 1.165) is 16.9 Å². The molecule has 138 valence electrons. The average Bonchev–Trinajstić information content (AvgIpc) is 2.62. The normalized spacial score (nSPS) is 11.1. The highest BCUT2D eigenvalue weighted by atomic mass is 16.1. The van der Waals surface area contributed by atoms with Crippen molar-refractivity contribution in [3.63, 3.8) is 0 Å². The Bertz CT molecular complexity index is 926. The second-order valence-corrected chi connectivity index (χ2v) is 7.56. The lowest BCUT2D eigenvalue weighted by Gasteiger charge is -2.19. The lowest BCUT2D eigenvalue weighted by Crippen LogP contribution is -2.14. The van der Waals surface area contributed by atoms with Gasteiger partial charge in [0.2, 0.25) is 0 Å². The van der Waals surface area contributed by atoms with Crippen LogP contribution in [-0.2, 0) is 5.41 Å². The van der Waals surface area contributed by atoms with Crippen molar-refractivity contribution in [2.24, 2.45) is 0 Å². The molecule has 2 aromatic carbocycles. The van der Waals surface area contributed by atoms with Crippen molar-refractivity contribution in [1.82, 2.24) is 9.97 Å². The molecule has 1 heterocycles. The molecule has 27 heavy (non-hydrogen) atoms. The van der Waals surface area contributed by atoms with Crippen molar-refractivity contribution in [2.75, 3.05) is 10.6 Å². The molecule has 5 heteroatoms. The molecule has 1 amide bonds. The van der Waals surface area contributed by atoms with Gasteiger partial charge in [0.25, 0.3) is 5.91 Å². The van der Waals surface area contributed by atoms with Crippen LogP contribution >= 0.6 is 0 Å². The van der Waals surface area contributed by atoms with Gasteiger partial charge in [-0.1, -0.05) is 45.0 Å². The third-order valence-corrected chi connectivity index (χ3v) is 4.18. The van der Waals surface area contributed by atoms with E-state index in [2.05, 4.69) is 53.5 Å². The minimum absolute atomic E-state index is 0.116. The Kier molecular flexibility index (Phi) is 5.21. The molecule has 0 saturated heterocycles. The van der Waals surface area contributed by atoms with Crippen molar-refractivity contribution in [2.45, 2.75) is 33.1 Å². The van der Waals surface area contributed by atoms with Gasteiger partial charge in [-0.2, -0.15) is 0 Å². The van der Waals surface area contributed by atoms with Gasteiger partial charge in [-0.05, 0) is 47.7 Å². The first-order chi connectivity index (χ1) is 12.8. The number of anilines is 3.